The lowest BCUT2D eigenvalue weighted by molar-refractivity contribution is -0.123. The van der Waals surface area contributed by atoms with E-state index in [-0.39, 0.29) is 11.9 Å². The molecule has 1 saturated heterocycles. The van der Waals surface area contributed by atoms with Gasteiger partial charge in [0.1, 0.15) is 4.32 Å². The van der Waals surface area contributed by atoms with Crippen molar-refractivity contribution >= 4 is 46.3 Å². The minimum Gasteiger partial charge on any atom is -0.493 e. The van der Waals surface area contributed by atoms with Crippen molar-refractivity contribution in [3.63, 3.8) is 0 Å². The predicted octanol–water partition coefficient (Wildman–Crippen LogP) is 5.88. The average Bonchev–Trinajstić information content (AvgIpc) is 3.13. The fraction of sp³-hybridized carbons (Fsp3) is 0.115. The lowest BCUT2D eigenvalue weighted by Crippen LogP contribution is -2.30. The monoisotopic (exact) mass is 475 g/mol. The maximum absolute atomic E-state index is 13.1. The highest BCUT2D eigenvalue weighted by Gasteiger charge is 2.35. The van der Waals surface area contributed by atoms with E-state index in [0.717, 1.165) is 11.1 Å². The first kappa shape index (κ1) is 22.8. The van der Waals surface area contributed by atoms with Gasteiger partial charge in [0.2, 0.25) is 0 Å². The van der Waals surface area contributed by atoms with Crippen molar-refractivity contribution in [2.75, 3.05) is 7.11 Å². The number of nitrogens with zero attached hydrogens (tertiary/aromatic N) is 1. The van der Waals surface area contributed by atoms with Crippen molar-refractivity contribution in [2.24, 2.45) is 0 Å². The standard InChI is InChI=1S/C26H21NO4S2/c1-17(19-9-5-3-6-10-19)27-24(28)23(33-26(27)32)16-18-13-14-21(22(15-18)30-2)31-25(29)20-11-7-4-8-12-20/h3-17H,1-2H3/b23-16-/t17-/m0/s1. The van der Waals surface area contributed by atoms with Crippen LogP contribution in [0.1, 0.15) is 34.5 Å². The zero-order chi connectivity index (χ0) is 23.4. The van der Waals surface area contributed by atoms with Crippen LogP contribution in [0.15, 0.2) is 83.8 Å². The minimum absolute atomic E-state index is 0.139. The Morgan fingerprint density at radius 2 is 1.67 bits per heavy atom. The fourth-order valence-electron chi connectivity index (χ4n) is 3.44. The summed E-state index contributed by atoms with van der Waals surface area (Å²) in [6.45, 7) is 1.96. The average molecular weight is 476 g/mol. The number of amides is 1. The van der Waals surface area contributed by atoms with Crippen molar-refractivity contribution in [1.82, 2.24) is 4.90 Å². The molecular weight excluding hydrogens is 454 g/mol. The lowest BCUT2D eigenvalue weighted by atomic mass is 10.1. The lowest BCUT2D eigenvalue weighted by Gasteiger charge is -2.23. The molecule has 7 heteroatoms. The molecular formula is C26H21NO4S2. The van der Waals surface area contributed by atoms with E-state index in [1.807, 2.05) is 43.3 Å². The number of rotatable bonds is 6. The summed E-state index contributed by atoms with van der Waals surface area (Å²) in [5.74, 6) is 0.0761. The van der Waals surface area contributed by atoms with Gasteiger partial charge in [-0.1, -0.05) is 78.6 Å². The number of thioether (sulfide) groups is 1. The SMILES string of the molecule is COc1cc(/C=C2\SC(=S)N([C@@H](C)c3ccccc3)C2=O)ccc1OC(=O)c1ccccc1. The van der Waals surface area contributed by atoms with Crippen LogP contribution in [0, 0.1) is 0 Å². The van der Waals surface area contributed by atoms with Crippen molar-refractivity contribution < 1.29 is 19.1 Å². The molecule has 4 rings (SSSR count). The van der Waals surface area contributed by atoms with Gasteiger partial charge in [-0.3, -0.25) is 9.69 Å². The molecule has 0 aromatic heterocycles. The summed E-state index contributed by atoms with van der Waals surface area (Å²) >= 11 is 6.76. The van der Waals surface area contributed by atoms with Crippen LogP contribution < -0.4 is 9.47 Å². The fourth-order valence-corrected chi connectivity index (χ4v) is 4.86. The molecule has 166 valence electrons. The minimum atomic E-state index is -0.475. The van der Waals surface area contributed by atoms with E-state index < -0.39 is 5.97 Å². The van der Waals surface area contributed by atoms with Crippen LogP contribution in [0.4, 0.5) is 0 Å². The van der Waals surface area contributed by atoms with E-state index in [4.69, 9.17) is 21.7 Å². The Hall–Kier alpha value is -3.42. The number of esters is 1. The molecule has 1 amide bonds. The maximum Gasteiger partial charge on any atom is 0.343 e. The number of carbonyl (C=O) groups excluding carboxylic acids is 2. The first-order valence-electron chi connectivity index (χ1n) is 10.2. The summed E-state index contributed by atoms with van der Waals surface area (Å²) in [7, 11) is 1.50. The molecule has 0 unspecified atom stereocenters. The van der Waals surface area contributed by atoms with Crippen molar-refractivity contribution in [3.05, 3.63) is 100 Å². The third-order valence-corrected chi connectivity index (χ3v) is 6.52. The van der Waals surface area contributed by atoms with Gasteiger partial charge in [-0.05, 0) is 48.4 Å². The predicted molar refractivity (Wildman–Crippen MR) is 134 cm³/mol. The quantitative estimate of drug-likeness (QED) is 0.192. The van der Waals surface area contributed by atoms with E-state index >= 15 is 0 Å². The van der Waals surface area contributed by atoms with Crippen molar-refractivity contribution in [1.29, 1.82) is 0 Å². The third-order valence-electron chi connectivity index (χ3n) is 5.19. The van der Waals surface area contributed by atoms with Gasteiger partial charge in [-0.15, -0.1) is 0 Å². The summed E-state index contributed by atoms with van der Waals surface area (Å²) in [6, 6.07) is 23.5. The van der Waals surface area contributed by atoms with Crippen LogP contribution in [0.25, 0.3) is 6.08 Å². The summed E-state index contributed by atoms with van der Waals surface area (Å²) in [4.78, 5) is 27.7. The highest BCUT2D eigenvalue weighted by Crippen LogP contribution is 2.39. The number of benzene rings is 3. The number of ether oxygens (including phenoxy) is 2. The molecule has 1 fully saturated rings. The van der Waals surface area contributed by atoms with Crippen LogP contribution >= 0.6 is 24.0 Å². The van der Waals surface area contributed by atoms with Crippen molar-refractivity contribution in [2.45, 2.75) is 13.0 Å². The van der Waals surface area contributed by atoms with E-state index in [1.165, 1.54) is 18.9 Å². The summed E-state index contributed by atoms with van der Waals surface area (Å²) in [6.07, 6.45) is 1.77. The Labute approximate surface area is 202 Å². The molecule has 33 heavy (non-hydrogen) atoms. The van der Waals surface area contributed by atoms with Crippen LogP contribution in [0.2, 0.25) is 0 Å². The first-order valence-corrected chi connectivity index (χ1v) is 11.5. The molecule has 5 nitrogen and oxygen atoms in total. The number of thiocarbonyl (C=S) groups is 1. The number of methoxy groups -OCH3 is 1. The second-order valence-electron chi connectivity index (χ2n) is 7.30. The molecule has 0 N–H and O–H groups in total. The zero-order valence-electron chi connectivity index (χ0n) is 18.1. The molecule has 0 saturated carbocycles. The molecule has 0 radical (unpaired) electrons. The van der Waals surface area contributed by atoms with Crippen LogP contribution in [-0.4, -0.2) is 28.2 Å². The Kier molecular flexibility index (Phi) is 6.91. The van der Waals surface area contributed by atoms with Crippen LogP contribution in [0.5, 0.6) is 11.5 Å². The molecule has 1 aliphatic rings. The first-order chi connectivity index (χ1) is 16.0. The maximum atomic E-state index is 13.1. The van der Waals surface area contributed by atoms with E-state index in [9.17, 15) is 9.59 Å². The van der Waals surface area contributed by atoms with Crippen LogP contribution in [-0.2, 0) is 4.79 Å². The van der Waals surface area contributed by atoms with E-state index in [2.05, 4.69) is 0 Å². The second-order valence-corrected chi connectivity index (χ2v) is 8.98. The van der Waals surface area contributed by atoms with Gasteiger partial charge >= 0.3 is 5.97 Å². The van der Waals surface area contributed by atoms with Crippen molar-refractivity contribution in [3.8, 4) is 11.5 Å². The Bertz CT molecular complexity index is 1230. The second kappa shape index (κ2) is 10.0. The molecule has 0 bridgehead atoms. The molecule has 1 aliphatic heterocycles. The Morgan fingerprint density at radius 3 is 2.33 bits per heavy atom. The van der Waals surface area contributed by atoms with Gasteiger partial charge in [0.05, 0.1) is 23.6 Å². The van der Waals surface area contributed by atoms with Gasteiger partial charge in [-0.25, -0.2) is 4.79 Å². The Morgan fingerprint density at radius 1 is 1.00 bits per heavy atom. The van der Waals surface area contributed by atoms with Gasteiger partial charge < -0.3 is 9.47 Å². The largest absolute Gasteiger partial charge is 0.493 e. The van der Waals surface area contributed by atoms with Gasteiger partial charge in [-0.2, -0.15) is 0 Å². The molecule has 3 aromatic rings. The molecule has 1 atom stereocenters. The number of hydrogen-bond acceptors (Lipinski definition) is 6. The Balaban J connectivity index is 1.54. The molecule has 3 aromatic carbocycles. The third kappa shape index (κ3) is 4.99. The van der Waals surface area contributed by atoms with E-state index in [1.54, 1.807) is 53.4 Å². The zero-order valence-corrected chi connectivity index (χ0v) is 19.7. The molecule has 0 aliphatic carbocycles. The smallest absolute Gasteiger partial charge is 0.343 e. The highest BCUT2D eigenvalue weighted by molar-refractivity contribution is 8.26. The van der Waals surface area contributed by atoms with Gasteiger partial charge in [0, 0.05) is 0 Å². The number of hydrogen-bond donors (Lipinski definition) is 0. The van der Waals surface area contributed by atoms with Gasteiger partial charge in [0.25, 0.3) is 5.91 Å². The van der Waals surface area contributed by atoms with E-state index in [0.29, 0.717) is 26.3 Å². The summed E-state index contributed by atoms with van der Waals surface area (Å²) < 4.78 is 11.4. The summed E-state index contributed by atoms with van der Waals surface area (Å²) in [5.41, 5.74) is 2.19. The van der Waals surface area contributed by atoms with Gasteiger partial charge in [0.15, 0.2) is 11.5 Å². The molecule has 1 heterocycles. The topological polar surface area (TPSA) is 55.8 Å². The normalized spacial score (nSPS) is 15.6. The highest BCUT2D eigenvalue weighted by atomic mass is 32.2. The summed E-state index contributed by atoms with van der Waals surface area (Å²) in [5, 5.41) is 0. The number of carbonyl (C=O) groups is 2. The van der Waals surface area contributed by atoms with Crippen LogP contribution in [0.3, 0.4) is 0 Å². The molecule has 0 spiro atoms.